The Morgan fingerprint density at radius 2 is 1.67 bits per heavy atom. The number of nitrogens with zero attached hydrogens (tertiary/aromatic N) is 1. The molecule has 4 amide bonds. The number of nitrogens with one attached hydrogen (secondary N) is 1. The topological polar surface area (TPSA) is 119 Å². The SMILES string of the molecule is COC(=O)NC(=O)[C@@H](C)OC(=O)c1ccc2c(c1)C(=O)N(c1ccccc1C)C2=O. The normalized spacial score (nSPS) is 13.5. The third kappa shape index (κ3) is 3.77. The van der Waals surface area contributed by atoms with Crippen LogP contribution < -0.4 is 10.2 Å². The number of fused-ring (bicyclic) bond motifs is 1. The Labute approximate surface area is 171 Å². The average Bonchev–Trinajstić information content (AvgIpc) is 2.98. The molecule has 3 rings (SSSR count). The number of anilines is 1. The number of benzene rings is 2. The van der Waals surface area contributed by atoms with Gasteiger partial charge in [0.1, 0.15) is 0 Å². The van der Waals surface area contributed by atoms with E-state index in [0.29, 0.717) is 5.69 Å². The Morgan fingerprint density at radius 1 is 1.00 bits per heavy atom. The standard InChI is InChI=1S/C21H18N2O7/c1-11-6-4-5-7-16(11)23-18(25)14-9-8-13(10-15(14)19(23)26)20(27)30-12(2)17(24)22-21(28)29-3/h4-10,12H,1-3H3,(H,22,24,28)/t12-/m1/s1. The molecule has 30 heavy (non-hydrogen) atoms. The lowest BCUT2D eigenvalue weighted by Crippen LogP contribution is -2.39. The van der Waals surface area contributed by atoms with Crippen molar-refractivity contribution in [1.29, 1.82) is 0 Å². The number of ether oxygens (including phenoxy) is 2. The molecule has 2 aromatic carbocycles. The molecule has 0 bridgehead atoms. The highest BCUT2D eigenvalue weighted by Gasteiger charge is 2.38. The molecule has 0 spiro atoms. The number of esters is 1. The largest absolute Gasteiger partial charge is 0.453 e. The highest BCUT2D eigenvalue weighted by atomic mass is 16.6. The van der Waals surface area contributed by atoms with E-state index in [1.807, 2.05) is 5.32 Å². The quantitative estimate of drug-likeness (QED) is 0.606. The van der Waals surface area contributed by atoms with Crippen molar-refractivity contribution in [2.45, 2.75) is 20.0 Å². The Hall–Kier alpha value is -4.01. The van der Waals surface area contributed by atoms with Crippen LogP contribution >= 0.6 is 0 Å². The molecule has 1 heterocycles. The lowest BCUT2D eigenvalue weighted by molar-refractivity contribution is -0.128. The van der Waals surface area contributed by atoms with Crippen LogP contribution in [0.5, 0.6) is 0 Å². The fourth-order valence-electron chi connectivity index (χ4n) is 2.94. The maximum atomic E-state index is 12.9. The number of hydrogen-bond donors (Lipinski definition) is 1. The number of amides is 4. The fraction of sp³-hybridized carbons (Fsp3) is 0.190. The number of alkyl carbamates (subject to hydrolysis) is 1. The summed E-state index contributed by atoms with van der Waals surface area (Å²) in [5.41, 5.74) is 1.41. The monoisotopic (exact) mass is 410 g/mol. The molecule has 154 valence electrons. The molecular formula is C21H18N2O7. The van der Waals surface area contributed by atoms with E-state index in [1.165, 1.54) is 25.1 Å². The second-order valence-corrected chi connectivity index (χ2v) is 6.52. The first-order valence-corrected chi connectivity index (χ1v) is 8.93. The number of aryl methyl sites for hydroxylation is 1. The number of hydrogen-bond acceptors (Lipinski definition) is 7. The summed E-state index contributed by atoms with van der Waals surface area (Å²) in [7, 11) is 1.09. The minimum atomic E-state index is -1.29. The second kappa shape index (κ2) is 8.16. The van der Waals surface area contributed by atoms with Crippen molar-refractivity contribution in [3.05, 3.63) is 64.7 Å². The molecule has 0 aliphatic carbocycles. The van der Waals surface area contributed by atoms with Gasteiger partial charge in [0.25, 0.3) is 17.7 Å². The molecule has 1 atom stereocenters. The number of imide groups is 2. The van der Waals surface area contributed by atoms with Crippen molar-refractivity contribution in [1.82, 2.24) is 5.32 Å². The summed E-state index contributed by atoms with van der Waals surface area (Å²) in [6.45, 7) is 3.06. The van der Waals surface area contributed by atoms with Crippen LogP contribution in [0.25, 0.3) is 0 Å². The Kier molecular flexibility index (Phi) is 5.63. The molecule has 0 fully saturated rings. The van der Waals surface area contributed by atoms with E-state index in [4.69, 9.17) is 4.74 Å². The predicted molar refractivity (Wildman–Crippen MR) is 104 cm³/mol. The van der Waals surface area contributed by atoms with Gasteiger partial charge in [-0.25, -0.2) is 14.5 Å². The molecule has 9 heteroatoms. The van der Waals surface area contributed by atoms with Gasteiger partial charge in [0.2, 0.25) is 0 Å². The van der Waals surface area contributed by atoms with Crippen LogP contribution in [0.15, 0.2) is 42.5 Å². The summed E-state index contributed by atoms with van der Waals surface area (Å²) >= 11 is 0. The van der Waals surface area contributed by atoms with Crippen molar-refractivity contribution in [2.75, 3.05) is 12.0 Å². The van der Waals surface area contributed by atoms with Crippen molar-refractivity contribution in [3.63, 3.8) is 0 Å². The molecule has 9 nitrogen and oxygen atoms in total. The molecule has 0 unspecified atom stereocenters. The average molecular weight is 410 g/mol. The highest BCUT2D eigenvalue weighted by Crippen LogP contribution is 2.31. The molecule has 0 aromatic heterocycles. The third-order valence-corrected chi connectivity index (χ3v) is 4.54. The van der Waals surface area contributed by atoms with E-state index in [1.54, 1.807) is 31.2 Å². The molecule has 1 N–H and O–H groups in total. The number of methoxy groups -OCH3 is 1. The Balaban J connectivity index is 1.81. The van der Waals surface area contributed by atoms with Crippen molar-refractivity contribution >= 4 is 35.5 Å². The van der Waals surface area contributed by atoms with Gasteiger partial charge in [0.15, 0.2) is 6.10 Å². The van der Waals surface area contributed by atoms with Crippen LogP contribution in [0.3, 0.4) is 0 Å². The first-order chi connectivity index (χ1) is 14.2. The molecular weight excluding hydrogens is 392 g/mol. The number of para-hydroxylation sites is 1. The smallest absolute Gasteiger partial charge is 0.413 e. The summed E-state index contributed by atoms with van der Waals surface area (Å²) < 4.78 is 9.33. The van der Waals surface area contributed by atoms with E-state index in [-0.39, 0.29) is 16.7 Å². The Morgan fingerprint density at radius 3 is 2.33 bits per heavy atom. The molecule has 1 aliphatic heterocycles. The zero-order valence-corrected chi connectivity index (χ0v) is 16.4. The van der Waals surface area contributed by atoms with Gasteiger partial charge in [-0.1, -0.05) is 18.2 Å². The third-order valence-electron chi connectivity index (χ3n) is 4.54. The zero-order chi connectivity index (χ0) is 22.0. The predicted octanol–water partition coefficient (Wildman–Crippen LogP) is 2.22. The lowest BCUT2D eigenvalue weighted by Gasteiger charge is -2.16. The van der Waals surface area contributed by atoms with Crippen LogP contribution in [-0.2, 0) is 14.3 Å². The summed E-state index contributed by atoms with van der Waals surface area (Å²) in [4.78, 5) is 61.9. The van der Waals surface area contributed by atoms with Gasteiger partial charge in [-0.05, 0) is 43.7 Å². The van der Waals surface area contributed by atoms with E-state index >= 15 is 0 Å². The maximum absolute atomic E-state index is 12.9. The van der Waals surface area contributed by atoms with Gasteiger partial charge in [-0.3, -0.25) is 19.7 Å². The van der Waals surface area contributed by atoms with Crippen LogP contribution in [0.1, 0.15) is 43.6 Å². The van der Waals surface area contributed by atoms with Gasteiger partial charge in [0, 0.05) is 0 Å². The lowest BCUT2D eigenvalue weighted by atomic mass is 10.1. The first-order valence-electron chi connectivity index (χ1n) is 8.93. The minimum Gasteiger partial charge on any atom is -0.453 e. The van der Waals surface area contributed by atoms with Gasteiger partial charge in [0.05, 0.1) is 29.5 Å². The summed E-state index contributed by atoms with van der Waals surface area (Å²) in [6, 6.07) is 10.9. The molecule has 2 aromatic rings. The Bertz CT molecular complexity index is 1080. The zero-order valence-electron chi connectivity index (χ0n) is 16.4. The first kappa shape index (κ1) is 20.7. The minimum absolute atomic E-state index is 0.0146. The van der Waals surface area contributed by atoms with Gasteiger partial charge in [-0.2, -0.15) is 0 Å². The van der Waals surface area contributed by atoms with Crippen LogP contribution in [0.2, 0.25) is 0 Å². The van der Waals surface area contributed by atoms with Crippen LogP contribution in [-0.4, -0.2) is 43.0 Å². The van der Waals surface area contributed by atoms with Crippen LogP contribution in [0.4, 0.5) is 10.5 Å². The molecule has 0 saturated heterocycles. The van der Waals surface area contributed by atoms with Gasteiger partial charge >= 0.3 is 12.1 Å². The highest BCUT2D eigenvalue weighted by molar-refractivity contribution is 6.34. The molecule has 0 radical (unpaired) electrons. The van der Waals surface area contributed by atoms with Crippen molar-refractivity contribution in [2.24, 2.45) is 0 Å². The van der Waals surface area contributed by atoms with Crippen molar-refractivity contribution < 1.29 is 33.4 Å². The summed E-state index contributed by atoms with van der Waals surface area (Å²) in [6.07, 6.45) is -2.27. The van der Waals surface area contributed by atoms with Crippen molar-refractivity contribution in [3.8, 4) is 0 Å². The number of carbonyl (C=O) groups excluding carboxylic acids is 5. The number of carbonyl (C=O) groups is 5. The second-order valence-electron chi connectivity index (χ2n) is 6.52. The van der Waals surface area contributed by atoms with E-state index < -0.39 is 35.9 Å². The van der Waals surface area contributed by atoms with E-state index in [0.717, 1.165) is 17.6 Å². The number of rotatable bonds is 4. The molecule has 1 aliphatic rings. The molecule has 0 saturated carbocycles. The van der Waals surface area contributed by atoms with Crippen LogP contribution in [0, 0.1) is 6.92 Å². The van der Waals surface area contributed by atoms with Gasteiger partial charge < -0.3 is 9.47 Å². The summed E-state index contributed by atoms with van der Waals surface area (Å²) in [5.74, 6) is -2.81. The fourth-order valence-corrected chi connectivity index (χ4v) is 2.94. The van der Waals surface area contributed by atoms with E-state index in [2.05, 4.69) is 4.74 Å². The van der Waals surface area contributed by atoms with Gasteiger partial charge in [-0.15, -0.1) is 0 Å². The summed E-state index contributed by atoms with van der Waals surface area (Å²) in [5, 5.41) is 1.89. The van der Waals surface area contributed by atoms with E-state index in [9.17, 15) is 24.0 Å². The maximum Gasteiger partial charge on any atom is 0.413 e.